The first kappa shape index (κ1) is 17.9. The van der Waals surface area contributed by atoms with Gasteiger partial charge in [0.1, 0.15) is 5.69 Å². The van der Waals surface area contributed by atoms with Crippen molar-refractivity contribution in [3.8, 4) is 0 Å². The fourth-order valence-electron chi connectivity index (χ4n) is 2.64. The number of hydrogen-bond donors (Lipinski definition) is 2. The van der Waals surface area contributed by atoms with Crippen molar-refractivity contribution in [2.24, 2.45) is 0 Å². The van der Waals surface area contributed by atoms with E-state index in [2.05, 4.69) is 10.3 Å². The highest BCUT2D eigenvalue weighted by atomic mass is 35.5. The summed E-state index contributed by atoms with van der Waals surface area (Å²) in [4.78, 5) is 29.3. The summed E-state index contributed by atoms with van der Waals surface area (Å²) in [6, 6.07) is 5.29. The molecule has 1 aromatic heterocycles. The summed E-state index contributed by atoms with van der Waals surface area (Å²) in [5.74, 6) is -0.826. The number of ether oxygens (including phenoxy) is 1. The first-order chi connectivity index (χ1) is 11.3. The monoisotopic (exact) mass is 349 g/mol. The van der Waals surface area contributed by atoms with Crippen molar-refractivity contribution in [2.75, 3.05) is 31.4 Å². The largest absolute Gasteiger partial charge is 0.465 e. The summed E-state index contributed by atoms with van der Waals surface area (Å²) < 4.78 is 4.76. The Balaban J connectivity index is 2.39. The van der Waals surface area contributed by atoms with Gasteiger partial charge in [-0.2, -0.15) is 0 Å². The van der Waals surface area contributed by atoms with Crippen LogP contribution in [0, 0.1) is 13.8 Å². The lowest BCUT2D eigenvalue weighted by molar-refractivity contribution is 0.0599. The average Bonchev–Trinajstić information content (AvgIpc) is 2.81. The number of esters is 1. The van der Waals surface area contributed by atoms with Crippen LogP contribution in [-0.4, -0.2) is 38.1 Å². The normalized spacial score (nSPS) is 10.4. The van der Waals surface area contributed by atoms with Crippen LogP contribution in [0.5, 0.6) is 0 Å². The topological polar surface area (TPSA) is 74.4 Å². The number of rotatable bonds is 4. The third kappa shape index (κ3) is 3.23. The molecule has 6 nitrogen and oxygen atoms in total. The van der Waals surface area contributed by atoms with Crippen molar-refractivity contribution in [3.63, 3.8) is 0 Å². The van der Waals surface area contributed by atoms with Crippen LogP contribution in [-0.2, 0) is 4.74 Å². The second-order valence-corrected chi connectivity index (χ2v) is 6.01. The number of aryl methyl sites for hydroxylation is 1. The predicted molar refractivity (Wildman–Crippen MR) is 95.3 cm³/mol. The second kappa shape index (κ2) is 6.97. The molecule has 0 atom stereocenters. The number of halogens is 1. The summed E-state index contributed by atoms with van der Waals surface area (Å²) in [7, 11) is 5.00. The zero-order valence-corrected chi connectivity index (χ0v) is 15.0. The third-order valence-corrected chi connectivity index (χ3v) is 4.04. The number of para-hydroxylation sites is 1. The summed E-state index contributed by atoms with van der Waals surface area (Å²) in [5.41, 5.74) is 3.12. The highest BCUT2D eigenvalue weighted by Crippen LogP contribution is 2.33. The zero-order chi connectivity index (χ0) is 18.0. The van der Waals surface area contributed by atoms with Crippen LogP contribution >= 0.6 is 11.6 Å². The number of anilines is 2. The van der Waals surface area contributed by atoms with Gasteiger partial charge in [0, 0.05) is 19.8 Å². The zero-order valence-electron chi connectivity index (χ0n) is 14.3. The minimum absolute atomic E-state index is 0.317. The molecule has 0 aliphatic carbocycles. The quantitative estimate of drug-likeness (QED) is 0.830. The van der Waals surface area contributed by atoms with Gasteiger partial charge in [-0.15, -0.1) is 0 Å². The van der Waals surface area contributed by atoms with Gasteiger partial charge < -0.3 is 19.9 Å². The summed E-state index contributed by atoms with van der Waals surface area (Å²) in [6.07, 6.45) is 0. The molecule has 0 fully saturated rings. The Morgan fingerprint density at radius 3 is 2.50 bits per heavy atom. The van der Waals surface area contributed by atoms with Gasteiger partial charge in [-0.25, -0.2) is 4.79 Å². The van der Waals surface area contributed by atoms with Crippen LogP contribution in [0.1, 0.15) is 32.1 Å². The van der Waals surface area contributed by atoms with Crippen LogP contribution in [0.15, 0.2) is 18.2 Å². The van der Waals surface area contributed by atoms with E-state index in [-0.39, 0.29) is 5.91 Å². The number of H-pyrrole nitrogens is 1. The Morgan fingerprint density at radius 1 is 1.25 bits per heavy atom. The van der Waals surface area contributed by atoms with Crippen LogP contribution in [0.25, 0.3) is 0 Å². The van der Waals surface area contributed by atoms with E-state index in [1.807, 2.05) is 19.0 Å². The number of aromatic nitrogens is 1. The van der Waals surface area contributed by atoms with E-state index in [0.717, 1.165) is 0 Å². The fraction of sp³-hybridized carbons (Fsp3) is 0.294. The molecule has 0 spiro atoms. The van der Waals surface area contributed by atoms with Crippen molar-refractivity contribution in [3.05, 3.63) is 45.7 Å². The molecule has 1 heterocycles. The Hall–Kier alpha value is -2.47. The summed E-state index contributed by atoms with van der Waals surface area (Å²) in [6.45, 7) is 3.43. The standard InChI is InChI=1S/C17H20ClN3O3/c1-9-13(17(23)24-5)10(2)19-14(9)16(22)20-12-8-6-7-11(18)15(12)21(3)4/h6-8,19H,1-5H3,(H,20,22). The van der Waals surface area contributed by atoms with Gasteiger partial charge in [0.25, 0.3) is 5.91 Å². The number of carbonyl (C=O) groups is 2. The van der Waals surface area contributed by atoms with E-state index < -0.39 is 5.97 Å². The van der Waals surface area contributed by atoms with Gasteiger partial charge in [-0.3, -0.25) is 4.79 Å². The van der Waals surface area contributed by atoms with Gasteiger partial charge in [-0.1, -0.05) is 17.7 Å². The number of aromatic amines is 1. The summed E-state index contributed by atoms with van der Waals surface area (Å²) >= 11 is 6.21. The number of nitrogens with one attached hydrogen (secondary N) is 2. The molecule has 1 aromatic carbocycles. The number of hydrogen-bond acceptors (Lipinski definition) is 4. The van der Waals surface area contributed by atoms with Gasteiger partial charge in [0.15, 0.2) is 0 Å². The summed E-state index contributed by atoms with van der Waals surface area (Å²) in [5, 5.41) is 3.37. The van der Waals surface area contributed by atoms with Crippen molar-refractivity contribution >= 4 is 34.9 Å². The molecular formula is C17H20ClN3O3. The lowest BCUT2D eigenvalue weighted by Crippen LogP contribution is -2.18. The molecule has 24 heavy (non-hydrogen) atoms. The molecule has 2 N–H and O–H groups in total. The smallest absolute Gasteiger partial charge is 0.339 e. The van der Waals surface area contributed by atoms with Crippen LogP contribution in [0.3, 0.4) is 0 Å². The lowest BCUT2D eigenvalue weighted by atomic mass is 10.1. The van der Waals surface area contributed by atoms with Gasteiger partial charge in [0.2, 0.25) is 0 Å². The molecule has 0 aliphatic heterocycles. The molecule has 0 saturated carbocycles. The van der Waals surface area contributed by atoms with E-state index in [9.17, 15) is 9.59 Å². The molecule has 0 saturated heterocycles. The molecule has 7 heteroatoms. The molecular weight excluding hydrogens is 330 g/mol. The maximum atomic E-state index is 12.6. The molecule has 0 aliphatic rings. The van der Waals surface area contributed by atoms with E-state index >= 15 is 0 Å². The molecule has 0 bridgehead atoms. The van der Waals surface area contributed by atoms with Gasteiger partial charge >= 0.3 is 5.97 Å². The van der Waals surface area contributed by atoms with Gasteiger partial charge in [0.05, 0.1) is 29.1 Å². The van der Waals surface area contributed by atoms with Gasteiger partial charge in [-0.05, 0) is 31.5 Å². The molecule has 0 unspecified atom stereocenters. The number of nitrogens with zero attached hydrogens (tertiary/aromatic N) is 1. The maximum absolute atomic E-state index is 12.6. The first-order valence-corrected chi connectivity index (χ1v) is 7.70. The van der Waals surface area contributed by atoms with E-state index in [1.54, 1.807) is 32.0 Å². The Morgan fingerprint density at radius 2 is 1.92 bits per heavy atom. The third-order valence-electron chi connectivity index (χ3n) is 3.74. The number of benzene rings is 1. The molecule has 2 rings (SSSR count). The second-order valence-electron chi connectivity index (χ2n) is 5.60. The maximum Gasteiger partial charge on any atom is 0.339 e. The van der Waals surface area contributed by atoms with Crippen LogP contribution in [0.2, 0.25) is 5.02 Å². The highest BCUT2D eigenvalue weighted by Gasteiger charge is 2.23. The van der Waals surface area contributed by atoms with Crippen molar-refractivity contribution in [1.29, 1.82) is 0 Å². The Labute approximate surface area is 145 Å². The molecule has 1 amide bonds. The van der Waals surface area contributed by atoms with E-state index in [0.29, 0.717) is 38.9 Å². The number of amides is 1. The van der Waals surface area contributed by atoms with Crippen LogP contribution < -0.4 is 10.2 Å². The van der Waals surface area contributed by atoms with E-state index in [1.165, 1.54) is 7.11 Å². The predicted octanol–water partition coefficient (Wildman–Crippen LogP) is 3.39. The SMILES string of the molecule is COC(=O)c1c(C)[nH]c(C(=O)Nc2cccc(Cl)c2N(C)C)c1C. The minimum Gasteiger partial charge on any atom is -0.465 e. The van der Waals surface area contributed by atoms with E-state index in [4.69, 9.17) is 16.3 Å². The van der Waals surface area contributed by atoms with Crippen molar-refractivity contribution in [2.45, 2.75) is 13.8 Å². The number of carbonyl (C=O) groups excluding carboxylic acids is 2. The van der Waals surface area contributed by atoms with Crippen molar-refractivity contribution < 1.29 is 14.3 Å². The Kier molecular flexibility index (Phi) is 5.19. The average molecular weight is 350 g/mol. The van der Waals surface area contributed by atoms with Crippen LogP contribution in [0.4, 0.5) is 11.4 Å². The highest BCUT2D eigenvalue weighted by molar-refractivity contribution is 6.34. The molecule has 128 valence electrons. The first-order valence-electron chi connectivity index (χ1n) is 7.32. The fourth-order valence-corrected chi connectivity index (χ4v) is 2.98. The Bertz CT molecular complexity index is 797. The molecule has 0 radical (unpaired) electrons. The van der Waals surface area contributed by atoms with Crippen molar-refractivity contribution in [1.82, 2.24) is 4.98 Å². The molecule has 2 aromatic rings. The number of methoxy groups -OCH3 is 1. The minimum atomic E-state index is -0.475. The lowest BCUT2D eigenvalue weighted by Gasteiger charge is -2.19.